The molecule has 2 aliphatic heterocycles. The predicted molar refractivity (Wildman–Crippen MR) is 150 cm³/mol. The summed E-state index contributed by atoms with van der Waals surface area (Å²) in [5.41, 5.74) is 8.92. The van der Waals surface area contributed by atoms with Crippen molar-refractivity contribution >= 4 is 40.3 Å². The molecule has 0 unspecified atom stereocenters. The Hall–Kier alpha value is -5.01. The highest BCUT2D eigenvalue weighted by Gasteiger charge is 2.23. The molecule has 5 aromatic rings. The minimum absolute atomic E-state index is 0.515. The molecule has 9 nitrogen and oxygen atoms in total. The van der Waals surface area contributed by atoms with Gasteiger partial charge in [-0.1, -0.05) is 32.1 Å². The van der Waals surface area contributed by atoms with E-state index >= 15 is 0 Å². The first-order valence-corrected chi connectivity index (χ1v) is 12.5. The van der Waals surface area contributed by atoms with Gasteiger partial charge >= 0.3 is 0 Å². The fraction of sp³-hybridized carbons (Fsp3) is 0.172. The van der Waals surface area contributed by atoms with E-state index in [2.05, 4.69) is 44.1 Å². The summed E-state index contributed by atoms with van der Waals surface area (Å²) >= 11 is 0. The van der Waals surface area contributed by atoms with Gasteiger partial charge in [-0.2, -0.15) is 15.0 Å². The molecule has 186 valence electrons. The van der Waals surface area contributed by atoms with Gasteiger partial charge in [0.15, 0.2) is 0 Å². The average Bonchev–Trinajstić information content (AvgIpc) is 3.13. The van der Waals surface area contributed by atoms with Crippen LogP contribution >= 0.6 is 0 Å². The van der Waals surface area contributed by atoms with E-state index in [0.29, 0.717) is 24.1 Å². The summed E-state index contributed by atoms with van der Waals surface area (Å²) < 4.78 is 4.09. The van der Waals surface area contributed by atoms with Crippen LogP contribution in [-0.4, -0.2) is 46.5 Å². The molecule has 0 aromatic carbocycles. The van der Waals surface area contributed by atoms with Gasteiger partial charge in [-0.05, 0) is 19.1 Å². The Balaban J connectivity index is 0.000000843. The molecule has 5 aromatic heterocycles. The number of rotatable bonds is 2. The van der Waals surface area contributed by atoms with Crippen molar-refractivity contribution in [1.29, 1.82) is 0 Å². The van der Waals surface area contributed by atoms with Gasteiger partial charge in [-0.3, -0.25) is 29.1 Å². The molecule has 0 amide bonds. The van der Waals surface area contributed by atoms with Crippen molar-refractivity contribution in [3.8, 4) is 11.9 Å². The number of pyridine rings is 2. The quantitative estimate of drug-likeness (QED) is 0.306. The van der Waals surface area contributed by atoms with Gasteiger partial charge in [0.1, 0.15) is 5.82 Å². The zero-order valence-corrected chi connectivity index (χ0v) is 21.4. The molecular formula is C29H25N9. The van der Waals surface area contributed by atoms with E-state index < -0.39 is 0 Å². The maximum atomic E-state index is 4.99. The third-order valence-corrected chi connectivity index (χ3v) is 6.16. The monoisotopic (exact) mass is 499 g/mol. The summed E-state index contributed by atoms with van der Waals surface area (Å²) in [6.07, 6.45) is 20.3. The second-order valence-corrected chi connectivity index (χ2v) is 8.89. The molecule has 0 bridgehead atoms. The zero-order valence-electron chi connectivity index (χ0n) is 21.4. The zero-order chi connectivity index (χ0) is 26.1. The van der Waals surface area contributed by atoms with E-state index in [1.165, 1.54) is 6.42 Å². The number of hydrogen-bond donors (Lipinski definition) is 0. The van der Waals surface area contributed by atoms with Crippen LogP contribution in [0.5, 0.6) is 0 Å². The van der Waals surface area contributed by atoms with Crippen molar-refractivity contribution in [2.45, 2.75) is 33.6 Å². The van der Waals surface area contributed by atoms with Crippen LogP contribution in [0.2, 0.25) is 0 Å². The lowest BCUT2D eigenvalue weighted by molar-refractivity contribution is 0.818. The van der Waals surface area contributed by atoms with Gasteiger partial charge in [0.2, 0.25) is 11.9 Å². The molecule has 0 radical (unpaired) electrons. The molecule has 0 spiro atoms. The summed E-state index contributed by atoms with van der Waals surface area (Å²) in [4.78, 5) is 31.9. The topological polar surface area (TPSA) is 99.0 Å². The van der Waals surface area contributed by atoms with Crippen LogP contribution in [0.15, 0.2) is 71.1 Å². The van der Waals surface area contributed by atoms with Gasteiger partial charge in [-0.15, -0.1) is 0 Å². The largest absolute Gasteiger partial charge is 0.281 e. The molecule has 0 saturated carbocycles. The first kappa shape index (κ1) is 23.4. The number of allylic oxidation sites excluding steroid dienone is 1. The van der Waals surface area contributed by atoms with Crippen LogP contribution in [0.1, 0.15) is 48.6 Å². The lowest BCUT2D eigenvalue weighted by Gasteiger charge is -2.12. The van der Waals surface area contributed by atoms with Gasteiger partial charge in [0.25, 0.3) is 0 Å². The van der Waals surface area contributed by atoms with E-state index in [0.717, 1.165) is 44.3 Å². The van der Waals surface area contributed by atoms with Crippen molar-refractivity contribution < 1.29 is 0 Å². The molecule has 0 fully saturated rings. The third kappa shape index (κ3) is 3.86. The Bertz CT molecular complexity index is 1840. The fourth-order valence-electron chi connectivity index (χ4n) is 4.72. The smallest absolute Gasteiger partial charge is 0.239 e. The predicted octanol–water partition coefficient (Wildman–Crippen LogP) is 5.32. The van der Waals surface area contributed by atoms with E-state index in [1.54, 1.807) is 18.6 Å². The lowest BCUT2D eigenvalue weighted by atomic mass is 10.1. The Labute approximate surface area is 219 Å². The Kier molecular flexibility index (Phi) is 6.03. The lowest BCUT2D eigenvalue weighted by Crippen LogP contribution is -2.13. The van der Waals surface area contributed by atoms with Crippen LogP contribution in [0.25, 0.3) is 39.8 Å². The highest BCUT2D eigenvalue weighted by molar-refractivity contribution is 6.04. The summed E-state index contributed by atoms with van der Waals surface area (Å²) in [6, 6.07) is 3.94. The van der Waals surface area contributed by atoms with Crippen LogP contribution in [0.4, 0.5) is 0 Å². The number of hydrogen-bond acceptors (Lipinski definition) is 7. The molecule has 9 heteroatoms. The van der Waals surface area contributed by atoms with Crippen molar-refractivity contribution in [3.05, 3.63) is 89.5 Å². The van der Waals surface area contributed by atoms with E-state index in [4.69, 9.17) is 15.0 Å². The minimum atomic E-state index is 0.515. The number of aromatic nitrogens is 7. The summed E-state index contributed by atoms with van der Waals surface area (Å²) in [7, 11) is 0. The van der Waals surface area contributed by atoms with Crippen molar-refractivity contribution in [2.24, 2.45) is 9.98 Å². The standard InChI is InChI=1S/C26H17N9.C3H8/c1-16-31-25(34-21-4-2-8-27-12-17(21)19-14-29-10-6-23(19)34)33-26(32-16)35-22-5-3-9-28-13-18(22)20-15-30-11-7-24(20)35;1-3-2/h2,5-15H,4H2,1H3;3H2,1-2H3. The molecular weight excluding hydrogens is 474 g/mol. The van der Waals surface area contributed by atoms with Gasteiger partial charge in [-0.25, -0.2) is 0 Å². The Morgan fingerprint density at radius 1 is 0.842 bits per heavy atom. The third-order valence-electron chi connectivity index (χ3n) is 6.16. The number of aliphatic imine (C=N–C) groups is 2. The van der Waals surface area contributed by atoms with Crippen LogP contribution in [-0.2, 0) is 6.42 Å². The van der Waals surface area contributed by atoms with E-state index in [9.17, 15) is 0 Å². The number of nitrogens with zero attached hydrogens (tertiary/aromatic N) is 9. The maximum Gasteiger partial charge on any atom is 0.239 e. The summed E-state index contributed by atoms with van der Waals surface area (Å²) in [6.45, 7) is 6.13. The Morgan fingerprint density at radius 2 is 1.50 bits per heavy atom. The van der Waals surface area contributed by atoms with Crippen molar-refractivity contribution in [3.63, 3.8) is 0 Å². The summed E-state index contributed by atoms with van der Waals surface area (Å²) in [5.74, 6) is 1.67. The van der Waals surface area contributed by atoms with Crippen LogP contribution in [0, 0.1) is 6.92 Å². The van der Waals surface area contributed by atoms with Gasteiger partial charge < -0.3 is 0 Å². The molecule has 7 heterocycles. The second-order valence-electron chi connectivity index (χ2n) is 8.89. The minimum Gasteiger partial charge on any atom is -0.281 e. The van der Waals surface area contributed by atoms with Crippen molar-refractivity contribution in [1.82, 2.24) is 34.1 Å². The van der Waals surface area contributed by atoms with Gasteiger partial charge in [0, 0.05) is 83.5 Å². The number of fused-ring (bicyclic) bond motifs is 6. The number of aryl methyl sites for hydroxylation is 1. The maximum absolute atomic E-state index is 4.99. The van der Waals surface area contributed by atoms with Crippen LogP contribution in [0.3, 0.4) is 0 Å². The molecule has 38 heavy (non-hydrogen) atoms. The molecule has 0 atom stereocenters. The normalized spacial score (nSPS) is 13.2. The van der Waals surface area contributed by atoms with E-state index in [1.807, 2.05) is 66.8 Å². The second kappa shape index (κ2) is 9.80. The highest BCUT2D eigenvalue weighted by atomic mass is 15.3. The first-order valence-electron chi connectivity index (χ1n) is 12.5. The molecule has 7 rings (SSSR count). The Morgan fingerprint density at radius 3 is 2.26 bits per heavy atom. The molecule has 0 aliphatic carbocycles. The fourth-order valence-corrected chi connectivity index (χ4v) is 4.72. The SMILES string of the molecule is CCC.Cc1nc(-n2c3c(c4cnccc42)C=NC=C=C3)nc(-n2c3c(c4cnccc42)C=NC=CC3)n1. The molecule has 0 saturated heterocycles. The van der Waals surface area contributed by atoms with E-state index in [-0.39, 0.29) is 0 Å². The molecule has 0 N–H and O–H groups in total. The van der Waals surface area contributed by atoms with Gasteiger partial charge in [0.05, 0.1) is 22.9 Å². The van der Waals surface area contributed by atoms with Crippen LogP contribution < -0.4 is 0 Å². The summed E-state index contributed by atoms with van der Waals surface area (Å²) in [5, 5.41) is 1.97. The first-order chi connectivity index (χ1) is 18.7. The molecule has 2 aliphatic rings. The average molecular weight is 500 g/mol. The van der Waals surface area contributed by atoms with Crippen molar-refractivity contribution in [2.75, 3.05) is 0 Å². The highest BCUT2D eigenvalue weighted by Crippen LogP contribution is 2.31.